The third-order valence-corrected chi connectivity index (χ3v) is 3.58. The van der Waals surface area contributed by atoms with Crippen LogP contribution < -0.4 is 4.90 Å². The molecule has 0 amide bonds. The maximum atomic E-state index is 6.13. The van der Waals surface area contributed by atoms with E-state index in [1.165, 1.54) is 11.6 Å². The standard InChI is InChI=1S/C15H11Cl2N3/c1-20(14-13(16)9-18-15(17)19-14)12-7-6-10-4-2-3-5-11(10)8-12/h2-9H,1H3. The highest BCUT2D eigenvalue weighted by molar-refractivity contribution is 6.33. The van der Waals surface area contributed by atoms with Gasteiger partial charge in [0.2, 0.25) is 5.28 Å². The van der Waals surface area contributed by atoms with Crippen LogP contribution in [0.2, 0.25) is 10.3 Å². The molecule has 0 bridgehead atoms. The molecule has 0 saturated heterocycles. The van der Waals surface area contributed by atoms with Crippen LogP contribution in [-0.2, 0) is 0 Å². The maximum absolute atomic E-state index is 6.13. The lowest BCUT2D eigenvalue weighted by Crippen LogP contribution is -2.12. The number of nitrogens with zero attached hydrogens (tertiary/aromatic N) is 3. The average Bonchev–Trinajstić information content (AvgIpc) is 2.48. The summed E-state index contributed by atoms with van der Waals surface area (Å²) >= 11 is 12.0. The molecule has 0 fully saturated rings. The summed E-state index contributed by atoms with van der Waals surface area (Å²) in [5, 5.41) is 2.99. The lowest BCUT2D eigenvalue weighted by molar-refractivity contribution is 1.08. The normalized spacial score (nSPS) is 10.8. The van der Waals surface area contributed by atoms with Crippen molar-refractivity contribution in [2.24, 2.45) is 0 Å². The second kappa shape index (κ2) is 5.27. The first kappa shape index (κ1) is 13.2. The number of halogens is 2. The number of hydrogen-bond acceptors (Lipinski definition) is 3. The number of aromatic nitrogens is 2. The van der Waals surface area contributed by atoms with Gasteiger partial charge in [-0.25, -0.2) is 4.98 Å². The van der Waals surface area contributed by atoms with Crippen molar-refractivity contribution in [3.8, 4) is 0 Å². The van der Waals surface area contributed by atoms with Crippen LogP contribution in [0.3, 0.4) is 0 Å². The molecule has 3 rings (SSSR count). The zero-order valence-electron chi connectivity index (χ0n) is 10.7. The molecule has 100 valence electrons. The van der Waals surface area contributed by atoms with E-state index in [1.54, 1.807) is 0 Å². The van der Waals surface area contributed by atoms with E-state index in [0.717, 1.165) is 11.1 Å². The van der Waals surface area contributed by atoms with Crippen molar-refractivity contribution < 1.29 is 0 Å². The van der Waals surface area contributed by atoms with Crippen molar-refractivity contribution >= 4 is 45.5 Å². The van der Waals surface area contributed by atoms with Crippen LogP contribution in [0, 0.1) is 0 Å². The van der Waals surface area contributed by atoms with E-state index in [-0.39, 0.29) is 5.28 Å². The van der Waals surface area contributed by atoms with Crippen LogP contribution in [0.4, 0.5) is 11.5 Å². The van der Waals surface area contributed by atoms with Gasteiger partial charge in [-0.3, -0.25) is 0 Å². The highest BCUT2D eigenvalue weighted by Crippen LogP contribution is 2.30. The van der Waals surface area contributed by atoms with Crippen molar-refractivity contribution in [1.82, 2.24) is 9.97 Å². The van der Waals surface area contributed by atoms with Crippen LogP contribution in [0.1, 0.15) is 0 Å². The van der Waals surface area contributed by atoms with E-state index >= 15 is 0 Å². The van der Waals surface area contributed by atoms with Crippen molar-refractivity contribution in [1.29, 1.82) is 0 Å². The van der Waals surface area contributed by atoms with Gasteiger partial charge in [-0.1, -0.05) is 41.9 Å². The number of benzene rings is 2. The molecule has 0 aliphatic heterocycles. The second-order valence-electron chi connectivity index (χ2n) is 4.40. The Labute approximate surface area is 126 Å². The van der Waals surface area contributed by atoms with Gasteiger partial charge >= 0.3 is 0 Å². The van der Waals surface area contributed by atoms with Gasteiger partial charge in [0, 0.05) is 12.7 Å². The summed E-state index contributed by atoms with van der Waals surface area (Å²) in [6.45, 7) is 0. The second-order valence-corrected chi connectivity index (χ2v) is 5.15. The summed E-state index contributed by atoms with van der Waals surface area (Å²) in [6, 6.07) is 14.4. The van der Waals surface area contributed by atoms with Gasteiger partial charge in [0.1, 0.15) is 5.02 Å². The minimum atomic E-state index is 0.178. The molecule has 0 aliphatic carbocycles. The van der Waals surface area contributed by atoms with Crippen molar-refractivity contribution in [2.75, 3.05) is 11.9 Å². The fourth-order valence-corrected chi connectivity index (χ4v) is 2.43. The van der Waals surface area contributed by atoms with Gasteiger partial charge in [-0.05, 0) is 34.5 Å². The smallest absolute Gasteiger partial charge is 0.224 e. The van der Waals surface area contributed by atoms with E-state index in [4.69, 9.17) is 23.2 Å². The zero-order chi connectivity index (χ0) is 14.1. The fraction of sp³-hybridized carbons (Fsp3) is 0.0667. The first-order valence-corrected chi connectivity index (χ1v) is 6.81. The van der Waals surface area contributed by atoms with Crippen molar-refractivity contribution in [2.45, 2.75) is 0 Å². The first-order valence-electron chi connectivity index (χ1n) is 6.06. The first-order chi connectivity index (χ1) is 9.65. The van der Waals surface area contributed by atoms with Gasteiger partial charge in [0.05, 0.1) is 6.20 Å². The van der Waals surface area contributed by atoms with E-state index in [0.29, 0.717) is 10.8 Å². The fourth-order valence-electron chi connectivity index (χ4n) is 2.08. The highest BCUT2D eigenvalue weighted by Gasteiger charge is 2.11. The Hall–Kier alpha value is -1.84. The maximum Gasteiger partial charge on any atom is 0.224 e. The van der Waals surface area contributed by atoms with Gasteiger partial charge in [0.25, 0.3) is 0 Å². The summed E-state index contributed by atoms with van der Waals surface area (Å²) in [6.07, 6.45) is 1.50. The Kier molecular flexibility index (Phi) is 3.47. The Balaban J connectivity index is 2.07. The lowest BCUT2D eigenvalue weighted by Gasteiger charge is -2.19. The molecule has 0 spiro atoms. The predicted molar refractivity (Wildman–Crippen MR) is 84.1 cm³/mol. The molecule has 0 N–H and O–H groups in total. The predicted octanol–water partition coefficient (Wildman–Crippen LogP) is 4.70. The van der Waals surface area contributed by atoms with Crippen molar-refractivity contribution in [3.63, 3.8) is 0 Å². The summed E-state index contributed by atoms with van der Waals surface area (Å²) < 4.78 is 0. The molecule has 20 heavy (non-hydrogen) atoms. The Bertz CT molecular complexity index is 774. The van der Waals surface area contributed by atoms with Gasteiger partial charge < -0.3 is 4.90 Å². The molecule has 1 heterocycles. The minimum Gasteiger partial charge on any atom is -0.328 e. The minimum absolute atomic E-state index is 0.178. The summed E-state index contributed by atoms with van der Waals surface area (Å²) in [5.41, 5.74) is 0.986. The third-order valence-electron chi connectivity index (χ3n) is 3.13. The molecule has 3 aromatic rings. The molecule has 3 nitrogen and oxygen atoms in total. The quantitative estimate of drug-likeness (QED) is 0.642. The van der Waals surface area contributed by atoms with E-state index in [2.05, 4.69) is 34.2 Å². The Morgan fingerprint density at radius 1 is 1.00 bits per heavy atom. The van der Waals surface area contributed by atoms with Gasteiger partial charge in [0.15, 0.2) is 5.82 Å². The van der Waals surface area contributed by atoms with E-state index < -0.39 is 0 Å². The van der Waals surface area contributed by atoms with Crippen LogP contribution in [0.5, 0.6) is 0 Å². The van der Waals surface area contributed by atoms with Gasteiger partial charge in [-0.15, -0.1) is 0 Å². The molecule has 0 saturated carbocycles. The number of rotatable bonds is 2. The number of anilines is 2. The van der Waals surface area contributed by atoms with Crippen LogP contribution >= 0.6 is 23.2 Å². The summed E-state index contributed by atoms with van der Waals surface area (Å²) in [5.74, 6) is 0.585. The number of fused-ring (bicyclic) bond motifs is 1. The van der Waals surface area contributed by atoms with Crippen LogP contribution in [-0.4, -0.2) is 17.0 Å². The monoisotopic (exact) mass is 303 g/mol. The zero-order valence-corrected chi connectivity index (χ0v) is 12.2. The molecule has 1 aromatic heterocycles. The Morgan fingerprint density at radius 3 is 2.55 bits per heavy atom. The van der Waals surface area contributed by atoms with Crippen LogP contribution in [0.25, 0.3) is 10.8 Å². The molecular weight excluding hydrogens is 293 g/mol. The van der Waals surface area contributed by atoms with E-state index in [1.807, 2.05) is 30.1 Å². The summed E-state index contributed by atoms with van der Waals surface area (Å²) in [4.78, 5) is 9.93. The molecule has 0 atom stereocenters. The molecular formula is C15H11Cl2N3. The molecule has 2 aromatic carbocycles. The largest absolute Gasteiger partial charge is 0.328 e. The molecule has 0 aliphatic rings. The summed E-state index contributed by atoms with van der Waals surface area (Å²) in [7, 11) is 1.90. The highest BCUT2D eigenvalue weighted by atomic mass is 35.5. The molecule has 5 heteroatoms. The molecule has 0 radical (unpaired) electrons. The SMILES string of the molecule is CN(c1ccc2ccccc2c1)c1nc(Cl)ncc1Cl. The average molecular weight is 304 g/mol. The van der Waals surface area contributed by atoms with Crippen molar-refractivity contribution in [3.05, 3.63) is 59.0 Å². The third kappa shape index (κ3) is 2.42. The number of hydrogen-bond donors (Lipinski definition) is 0. The van der Waals surface area contributed by atoms with Crippen LogP contribution in [0.15, 0.2) is 48.7 Å². The lowest BCUT2D eigenvalue weighted by atomic mass is 10.1. The Morgan fingerprint density at radius 2 is 1.75 bits per heavy atom. The van der Waals surface area contributed by atoms with Gasteiger partial charge in [-0.2, -0.15) is 4.98 Å². The van der Waals surface area contributed by atoms with E-state index in [9.17, 15) is 0 Å². The molecule has 0 unspecified atom stereocenters. The topological polar surface area (TPSA) is 29.0 Å².